The molecule has 0 saturated heterocycles. The summed E-state index contributed by atoms with van der Waals surface area (Å²) in [6, 6.07) is 0. The van der Waals surface area contributed by atoms with E-state index in [1.54, 1.807) is 10.9 Å². The number of aromatic nitrogens is 6. The summed E-state index contributed by atoms with van der Waals surface area (Å²) >= 11 is 0. The standard InChI is InChI=1S/C13H22N8/c1-5-8-14-12-16-11(10-9-15-19-20(10)4)17-13(18-12)21(6-2)7-3/h9H,5-8H2,1-4H3,(H,14,16,17,18). The van der Waals surface area contributed by atoms with Crippen LogP contribution in [0, 0.1) is 0 Å². The van der Waals surface area contributed by atoms with E-state index in [0.717, 1.165) is 31.7 Å². The van der Waals surface area contributed by atoms with Crippen molar-refractivity contribution in [3.8, 4) is 11.5 Å². The number of nitrogens with one attached hydrogen (secondary N) is 1. The first kappa shape index (κ1) is 15.1. The topological polar surface area (TPSA) is 84.7 Å². The van der Waals surface area contributed by atoms with E-state index >= 15 is 0 Å². The Hall–Kier alpha value is -2.25. The fourth-order valence-corrected chi connectivity index (χ4v) is 1.94. The quantitative estimate of drug-likeness (QED) is 0.823. The molecule has 0 amide bonds. The molecule has 2 rings (SSSR count). The maximum atomic E-state index is 4.55. The third-order valence-electron chi connectivity index (χ3n) is 3.15. The summed E-state index contributed by atoms with van der Waals surface area (Å²) in [6.45, 7) is 8.78. The molecular weight excluding hydrogens is 268 g/mol. The minimum atomic E-state index is 0.581. The van der Waals surface area contributed by atoms with Crippen LogP contribution in [-0.2, 0) is 7.05 Å². The Bertz CT molecular complexity index is 575. The number of hydrogen-bond donors (Lipinski definition) is 1. The predicted molar refractivity (Wildman–Crippen MR) is 82.2 cm³/mol. The highest BCUT2D eigenvalue weighted by Gasteiger charge is 2.14. The van der Waals surface area contributed by atoms with Gasteiger partial charge >= 0.3 is 0 Å². The van der Waals surface area contributed by atoms with E-state index in [-0.39, 0.29) is 0 Å². The summed E-state index contributed by atoms with van der Waals surface area (Å²) in [7, 11) is 1.82. The Balaban J connectivity index is 2.44. The summed E-state index contributed by atoms with van der Waals surface area (Å²) in [6.07, 6.45) is 2.67. The number of hydrogen-bond acceptors (Lipinski definition) is 7. The van der Waals surface area contributed by atoms with Crippen molar-refractivity contribution < 1.29 is 0 Å². The average molecular weight is 290 g/mol. The number of anilines is 2. The molecule has 0 aliphatic rings. The van der Waals surface area contributed by atoms with Gasteiger partial charge in [0, 0.05) is 26.7 Å². The van der Waals surface area contributed by atoms with E-state index < -0.39 is 0 Å². The molecule has 0 fully saturated rings. The van der Waals surface area contributed by atoms with Gasteiger partial charge < -0.3 is 10.2 Å². The Kier molecular flexibility index (Phi) is 5.02. The van der Waals surface area contributed by atoms with Gasteiger partial charge in [-0.1, -0.05) is 12.1 Å². The molecule has 0 atom stereocenters. The summed E-state index contributed by atoms with van der Waals surface area (Å²) in [4.78, 5) is 15.6. The molecule has 2 heterocycles. The molecule has 8 heteroatoms. The van der Waals surface area contributed by atoms with Crippen LogP contribution < -0.4 is 10.2 Å². The van der Waals surface area contributed by atoms with E-state index in [0.29, 0.717) is 17.7 Å². The molecule has 8 nitrogen and oxygen atoms in total. The minimum absolute atomic E-state index is 0.581. The zero-order valence-corrected chi connectivity index (χ0v) is 13.0. The highest BCUT2D eigenvalue weighted by atomic mass is 15.4. The molecule has 21 heavy (non-hydrogen) atoms. The fourth-order valence-electron chi connectivity index (χ4n) is 1.94. The lowest BCUT2D eigenvalue weighted by molar-refractivity contribution is 0.715. The second-order valence-electron chi connectivity index (χ2n) is 4.62. The Morgan fingerprint density at radius 2 is 1.90 bits per heavy atom. The van der Waals surface area contributed by atoms with E-state index in [1.165, 1.54) is 0 Å². The van der Waals surface area contributed by atoms with E-state index in [4.69, 9.17) is 0 Å². The molecule has 0 aromatic carbocycles. The van der Waals surface area contributed by atoms with Crippen LogP contribution in [0.1, 0.15) is 27.2 Å². The molecule has 0 radical (unpaired) electrons. The first-order chi connectivity index (χ1) is 10.2. The fraction of sp³-hybridized carbons (Fsp3) is 0.615. The third kappa shape index (κ3) is 3.45. The molecule has 0 spiro atoms. The van der Waals surface area contributed by atoms with Crippen LogP contribution in [-0.4, -0.2) is 49.6 Å². The second kappa shape index (κ2) is 6.96. The summed E-state index contributed by atoms with van der Waals surface area (Å²) < 4.78 is 1.66. The first-order valence-electron chi connectivity index (χ1n) is 7.29. The summed E-state index contributed by atoms with van der Waals surface area (Å²) in [5, 5.41) is 11.0. The van der Waals surface area contributed by atoms with Crippen LogP contribution in [0.25, 0.3) is 11.5 Å². The number of nitrogens with zero attached hydrogens (tertiary/aromatic N) is 7. The molecular formula is C13H22N8. The Morgan fingerprint density at radius 3 is 2.48 bits per heavy atom. The largest absolute Gasteiger partial charge is 0.354 e. The molecule has 0 saturated carbocycles. The highest BCUT2D eigenvalue weighted by molar-refractivity contribution is 5.53. The minimum Gasteiger partial charge on any atom is -0.354 e. The lowest BCUT2D eigenvalue weighted by Crippen LogP contribution is -2.25. The maximum absolute atomic E-state index is 4.55. The van der Waals surface area contributed by atoms with Gasteiger partial charge in [0.25, 0.3) is 0 Å². The van der Waals surface area contributed by atoms with Gasteiger partial charge in [0.1, 0.15) is 5.69 Å². The SMILES string of the molecule is CCCNc1nc(-c2cnnn2C)nc(N(CC)CC)n1. The van der Waals surface area contributed by atoms with Crippen molar-refractivity contribution >= 4 is 11.9 Å². The Morgan fingerprint density at radius 1 is 1.14 bits per heavy atom. The van der Waals surface area contributed by atoms with Crippen molar-refractivity contribution in [1.29, 1.82) is 0 Å². The molecule has 0 unspecified atom stereocenters. The normalized spacial score (nSPS) is 10.7. The molecule has 1 N–H and O–H groups in total. The van der Waals surface area contributed by atoms with Crippen LogP contribution >= 0.6 is 0 Å². The van der Waals surface area contributed by atoms with Gasteiger partial charge in [0.15, 0.2) is 5.82 Å². The highest BCUT2D eigenvalue weighted by Crippen LogP contribution is 2.18. The van der Waals surface area contributed by atoms with Crippen molar-refractivity contribution in [3.05, 3.63) is 6.20 Å². The van der Waals surface area contributed by atoms with Crippen LogP contribution in [0.4, 0.5) is 11.9 Å². The van der Waals surface area contributed by atoms with Crippen molar-refractivity contribution in [2.24, 2.45) is 7.05 Å². The first-order valence-corrected chi connectivity index (χ1v) is 7.29. The Labute approximate surface area is 124 Å². The van der Waals surface area contributed by atoms with E-state index in [1.807, 2.05) is 7.05 Å². The van der Waals surface area contributed by atoms with Gasteiger partial charge in [-0.2, -0.15) is 15.0 Å². The van der Waals surface area contributed by atoms with Gasteiger partial charge in [0.2, 0.25) is 11.9 Å². The predicted octanol–water partition coefficient (Wildman–Crippen LogP) is 1.34. The van der Waals surface area contributed by atoms with Gasteiger partial charge in [-0.15, -0.1) is 5.10 Å². The van der Waals surface area contributed by atoms with Crippen molar-refractivity contribution in [2.75, 3.05) is 29.9 Å². The summed E-state index contributed by atoms with van der Waals surface area (Å²) in [5.41, 5.74) is 0.769. The molecule has 0 aliphatic carbocycles. The lowest BCUT2D eigenvalue weighted by Gasteiger charge is -2.19. The van der Waals surface area contributed by atoms with Crippen molar-refractivity contribution in [3.63, 3.8) is 0 Å². The van der Waals surface area contributed by atoms with Crippen molar-refractivity contribution in [2.45, 2.75) is 27.2 Å². The zero-order valence-electron chi connectivity index (χ0n) is 13.0. The van der Waals surface area contributed by atoms with E-state index in [2.05, 4.69) is 56.3 Å². The molecule has 114 valence electrons. The van der Waals surface area contributed by atoms with E-state index in [9.17, 15) is 0 Å². The third-order valence-corrected chi connectivity index (χ3v) is 3.15. The van der Waals surface area contributed by atoms with Crippen LogP contribution in [0.5, 0.6) is 0 Å². The molecule has 2 aromatic heterocycles. The smallest absolute Gasteiger partial charge is 0.230 e. The zero-order chi connectivity index (χ0) is 15.2. The second-order valence-corrected chi connectivity index (χ2v) is 4.62. The number of aryl methyl sites for hydroxylation is 1. The number of rotatable bonds is 7. The molecule has 0 bridgehead atoms. The van der Waals surface area contributed by atoms with Crippen molar-refractivity contribution in [1.82, 2.24) is 29.9 Å². The van der Waals surface area contributed by atoms with Gasteiger partial charge in [-0.05, 0) is 20.3 Å². The van der Waals surface area contributed by atoms with Gasteiger partial charge in [-0.3, -0.25) is 0 Å². The monoisotopic (exact) mass is 290 g/mol. The van der Waals surface area contributed by atoms with Crippen LogP contribution in [0.2, 0.25) is 0 Å². The lowest BCUT2D eigenvalue weighted by atomic mass is 10.4. The van der Waals surface area contributed by atoms with Crippen LogP contribution in [0.15, 0.2) is 6.20 Å². The maximum Gasteiger partial charge on any atom is 0.230 e. The van der Waals surface area contributed by atoms with Gasteiger partial charge in [0.05, 0.1) is 6.20 Å². The van der Waals surface area contributed by atoms with Gasteiger partial charge in [-0.25, -0.2) is 4.68 Å². The molecule has 0 aliphatic heterocycles. The van der Waals surface area contributed by atoms with Crippen LogP contribution in [0.3, 0.4) is 0 Å². The molecule has 2 aromatic rings. The average Bonchev–Trinajstić information content (AvgIpc) is 2.92. The summed E-state index contributed by atoms with van der Waals surface area (Å²) in [5.74, 6) is 1.84.